The Morgan fingerprint density at radius 3 is 2.67 bits per heavy atom. The monoisotopic (exact) mass is 451 g/mol. The van der Waals surface area contributed by atoms with Gasteiger partial charge in [0.25, 0.3) is 5.91 Å². The first kappa shape index (κ1) is 22.7. The number of carbonyl (C=O) groups excluding carboxylic acids is 1. The van der Waals surface area contributed by atoms with Crippen molar-refractivity contribution in [2.45, 2.75) is 26.3 Å². The van der Waals surface area contributed by atoms with Crippen molar-refractivity contribution in [3.05, 3.63) is 59.3 Å². The molecule has 2 N–H and O–H groups in total. The van der Waals surface area contributed by atoms with Crippen LogP contribution in [0.3, 0.4) is 0 Å². The number of phenols is 1. The van der Waals surface area contributed by atoms with Gasteiger partial charge in [0.05, 0.1) is 19.8 Å². The largest absolute Gasteiger partial charge is 0.507 e. The second-order valence-electron chi connectivity index (χ2n) is 7.67. The summed E-state index contributed by atoms with van der Waals surface area (Å²) in [6.07, 6.45) is 0.702. The Morgan fingerprint density at radius 2 is 1.94 bits per heavy atom. The van der Waals surface area contributed by atoms with Gasteiger partial charge in [0.1, 0.15) is 17.1 Å². The summed E-state index contributed by atoms with van der Waals surface area (Å²) in [6.45, 7) is 6.10. The van der Waals surface area contributed by atoms with Crippen molar-refractivity contribution in [3.8, 4) is 28.5 Å². The maximum Gasteiger partial charge on any atom is 0.273 e. The molecule has 0 fully saturated rings. The van der Waals surface area contributed by atoms with Gasteiger partial charge in [0.2, 0.25) is 0 Å². The highest BCUT2D eigenvalue weighted by molar-refractivity contribution is 6.00. The van der Waals surface area contributed by atoms with Gasteiger partial charge in [0.15, 0.2) is 11.5 Å². The zero-order valence-corrected chi connectivity index (χ0v) is 19.1. The number of para-hydroxylation sites is 1. The van der Waals surface area contributed by atoms with Crippen molar-refractivity contribution in [2.75, 3.05) is 33.5 Å². The van der Waals surface area contributed by atoms with E-state index in [-0.39, 0.29) is 11.7 Å². The summed E-state index contributed by atoms with van der Waals surface area (Å²) in [5, 5.41) is 17.8. The Balaban J connectivity index is 1.81. The number of aromatic amines is 1. The highest BCUT2D eigenvalue weighted by atomic mass is 16.5. The number of nitrogens with one attached hydrogen (secondary N) is 1. The molecule has 1 aromatic heterocycles. The van der Waals surface area contributed by atoms with E-state index >= 15 is 0 Å². The van der Waals surface area contributed by atoms with Crippen molar-refractivity contribution in [1.29, 1.82) is 0 Å². The van der Waals surface area contributed by atoms with Gasteiger partial charge in [-0.2, -0.15) is 5.10 Å². The van der Waals surface area contributed by atoms with Gasteiger partial charge in [-0.3, -0.25) is 9.89 Å². The molecule has 0 saturated carbocycles. The number of fused-ring (bicyclic) bond motifs is 1. The quantitative estimate of drug-likeness (QED) is 0.449. The number of methoxy groups -OCH3 is 1. The number of H-pyrrole nitrogens is 1. The fourth-order valence-electron chi connectivity index (χ4n) is 4.26. The van der Waals surface area contributed by atoms with Gasteiger partial charge in [-0.25, -0.2) is 0 Å². The molecule has 1 aliphatic heterocycles. The molecule has 0 saturated heterocycles. The Morgan fingerprint density at radius 1 is 1.12 bits per heavy atom. The van der Waals surface area contributed by atoms with E-state index in [0.29, 0.717) is 61.2 Å². The van der Waals surface area contributed by atoms with E-state index < -0.39 is 6.04 Å². The average molecular weight is 452 g/mol. The predicted molar refractivity (Wildman–Crippen MR) is 124 cm³/mol. The van der Waals surface area contributed by atoms with E-state index in [0.717, 1.165) is 11.1 Å². The lowest BCUT2D eigenvalue weighted by atomic mass is 9.95. The number of ether oxygens (including phenoxy) is 3. The van der Waals surface area contributed by atoms with Crippen LogP contribution in [0.4, 0.5) is 0 Å². The summed E-state index contributed by atoms with van der Waals surface area (Å²) in [6, 6.07) is 12.3. The van der Waals surface area contributed by atoms with Gasteiger partial charge in [0, 0.05) is 30.9 Å². The molecule has 2 heterocycles. The first-order chi connectivity index (χ1) is 16.1. The zero-order chi connectivity index (χ0) is 23.4. The molecule has 1 atom stereocenters. The maximum absolute atomic E-state index is 13.4. The van der Waals surface area contributed by atoms with Crippen molar-refractivity contribution >= 4 is 5.91 Å². The van der Waals surface area contributed by atoms with E-state index in [1.807, 2.05) is 43.0 Å². The lowest BCUT2D eigenvalue weighted by Crippen LogP contribution is -2.31. The number of rotatable bonds is 10. The molecule has 33 heavy (non-hydrogen) atoms. The fourth-order valence-corrected chi connectivity index (χ4v) is 4.26. The molecule has 0 unspecified atom stereocenters. The highest BCUT2D eigenvalue weighted by Gasteiger charge is 2.42. The number of phenolic OH excluding ortho intramolecular Hbond substituents is 1. The van der Waals surface area contributed by atoms with E-state index in [9.17, 15) is 9.90 Å². The van der Waals surface area contributed by atoms with Gasteiger partial charge >= 0.3 is 0 Å². The third-order valence-electron chi connectivity index (χ3n) is 5.72. The molecule has 3 aromatic rings. The molecular formula is C25H29N3O5. The summed E-state index contributed by atoms with van der Waals surface area (Å²) in [4.78, 5) is 15.2. The van der Waals surface area contributed by atoms with Crippen LogP contribution in [0, 0.1) is 0 Å². The van der Waals surface area contributed by atoms with Crippen LogP contribution >= 0.6 is 0 Å². The lowest BCUT2D eigenvalue weighted by Gasteiger charge is -2.27. The second-order valence-corrected chi connectivity index (χ2v) is 7.67. The summed E-state index contributed by atoms with van der Waals surface area (Å²) < 4.78 is 16.7. The molecule has 8 heteroatoms. The normalized spacial score (nSPS) is 15.1. The molecule has 1 amide bonds. The number of benzene rings is 2. The smallest absolute Gasteiger partial charge is 0.273 e. The number of amides is 1. The molecule has 0 aliphatic carbocycles. The Labute approximate surface area is 193 Å². The minimum atomic E-state index is -0.396. The number of hydrogen-bond acceptors (Lipinski definition) is 6. The van der Waals surface area contributed by atoms with Crippen LogP contribution in [-0.4, -0.2) is 59.6 Å². The molecule has 174 valence electrons. The summed E-state index contributed by atoms with van der Waals surface area (Å²) in [5.74, 6) is 1.21. The van der Waals surface area contributed by atoms with Crippen LogP contribution in [0.25, 0.3) is 11.3 Å². The second kappa shape index (κ2) is 9.95. The van der Waals surface area contributed by atoms with Crippen LogP contribution in [0.5, 0.6) is 17.2 Å². The van der Waals surface area contributed by atoms with Crippen LogP contribution in [0.15, 0.2) is 42.5 Å². The zero-order valence-electron chi connectivity index (χ0n) is 19.1. The van der Waals surface area contributed by atoms with Gasteiger partial charge in [-0.1, -0.05) is 18.2 Å². The summed E-state index contributed by atoms with van der Waals surface area (Å²) in [5.41, 5.74) is 3.17. The number of aromatic nitrogens is 2. The van der Waals surface area contributed by atoms with Crippen LogP contribution in [-0.2, 0) is 4.74 Å². The van der Waals surface area contributed by atoms with Crippen molar-refractivity contribution in [1.82, 2.24) is 15.1 Å². The molecule has 0 bridgehead atoms. The van der Waals surface area contributed by atoms with E-state index in [1.165, 1.54) is 0 Å². The number of nitrogens with zero attached hydrogens (tertiary/aromatic N) is 2. The van der Waals surface area contributed by atoms with Crippen LogP contribution < -0.4 is 9.47 Å². The first-order valence-corrected chi connectivity index (χ1v) is 11.2. The first-order valence-electron chi connectivity index (χ1n) is 11.2. The highest BCUT2D eigenvalue weighted by Crippen LogP contribution is 2.45. The number of carbonyl (C=O) groups is 1. The molecular weight excluding hydrogens is 422 g/mol. The SMILES string of the molecule is CCOCCCN1C(=O)c2[nH]nc(-c3ccccc3O)c2[C@@H]1c1ccc(OCC)c(OC)c1. The van der Waals surface area contributed by atoms with Gasteiger partial charge in [-0.15, -0.1) is 0 Å². The molecule has 0 spiro atoms. The predicted octanol–water partition coefficient (Wildman–Crippen LogP) is 4.16. The van der Waals surface area contributed by atoms with E-state index in [4.69, 9.17) is 14.2 Å². The van der Waals surface area contributed by atoms with Crippen molar-refractivity contribution in [3.63, 3.8) is 0 Å². The van der Waals surface area contributed by atoms with Gasteiger partial charge in [-0.05, 0) is 50.1 Å². The topological polar surface area (TPSA) is 96.9 Å². The number of hydrogen-bond donors (Lipinski definition) is 2. The molecule has 4 rings (SSSR count). The Kier molecular flexibility index (Phi) is 6.84. The minimum absolute atomic E-state index is 0.108. The maximum atomic E-state index is 13.4. The molecule has 8 nitrogen and oxygen atoms in total. The average Bonchev–Trinajstić information content (AvgIpc) is 3.36. The van der Waals surface area contributed by atoms with E-state index in [2.05, 4.69) is 10.2 Å². The molecule has 2 aromatic carbocycles. The summed E-state index contributed by atoms with van der Waals surface area (Å²) >= 11 is 0. The van der Waals surface area contributed by atoms with Crippen molar-refractivity contribution in [2.24, 2.45) is 0 Å². The minimum Gasteiger partial charge on any atom is -0.507 e. The Hall–Kier alpha value is -3.52. The molecule has 0 radical (unpaired) electrons. The standard InChI is InChI=1S/C25H29N3O5/c1-4-32-14-8-13-28-24(16-11-12-19(33-5-2)20(15-16)31-3)21-22(26-27-23(21)25(28)30)17-9-6-7-10-18(17)29/h6-7,9-12,15,24,29H,4-5,8,13-14H2,1-3H3,(H,26,27)/t24-/m0/s1. The van der Waals surface area contributed by atoms with Crippen LogP contribution in [0.2, 0.25) is 0 Å². The van der Waals surface area contributed by atoms with Gasteiger partial charge < -0.3 is 24.2 Å². The van der Waals surface area contributed by atoms with E-state index in [1.54, 1.807) is 25.3 Å². The fraction of sp³-hybridized carbons (Fsp3) is 0.360. The molecule has 1 aliphatic rings. The van der Waals surface area contributed by atoms with Crippen LogP contribution in [0.1, 0.15) is 47.9 Å². The number of aromatic hydroxyl groups is 1. The van der Waals surface area contributed by atoms with Crippen molar-refractivity contribution < 1.29 is 24.1 Å². The third-order valence-corrected chi connectivity index (χ3v) is 5.72. The lowest BCUT2D eigenvalue weighted by molar-refractivity contribution is 0.0710. The Bertz CT molecular complexity index is 1130. The summed E-state index contributed by atoms with van der Waals surface area (Å²) in [7, 11) is 1.60. The third kappa shape index (κ3) is 4.26.